The quantitative estimate of drug-likeness (QED) is 0.0130. The molecule has 0 radical (unpaired) electrons. The van der Waals surface area contributed by atoms with E-state index in [4.69, 9.17) is 40.3 Å². The number of ether oxygens (including phenoxy) is 5. The Hall–Kier alpha value is -14.6. The van der Waals surface area contributed by atoms with Crippen LogP contribution in [0.3, 0.4) is 0 Å². The highest BCUT2D eigenvalue weighted by atomic mass is 19.4. The average molecular weight is 1920 g/mol. The molecule has 0 aliphatic heterocycles. The summed E-state index contributed by atoms with van der Waals surface area (Å²) in [4.78, 5) is 57.8. The summed E-state index contributed by atoms with van der Waals surface area (Å²) >= 11 is 0. The van der Waals surface area contributed by atoms with Crippen molar-refractivity contribution in [2.45, 2.75) is 156 Å². The van der Waals surface area contributed by atoms with Crippen LogP contribution in [0.4, 0.5) is 81.6 Å². The number of imidazole rings is 3. The van der Waals surface area contributed by atoms with E-state index in [9.17, 15) is 32.9 Å². The Morgan fingerprint density at radius 2 is 0.950 bits per heavy atom. The van der Waals surface area contributed by atoms with Crippen molar-refractivity contribution in [2.75, 3.05) is 131 Å². The minimum absolute atomic E-state index is 0.0481. The smallest absolute Gasteiger partial charge is 0.416 e. The van der Waals surface area contributed by atoms with Gasteiger partial charge >= 0.3 is 6.18 Å². The van der Waals surface area contributed by atoms with Crippen LogP contribution in [-0.2, 0) is 40.8 Å². The topological polar surface area (TPSA) is 460 Å². The Morgan fingerprint density at radius 3 is 1.44 bits per heavy atom. The Morgan fingerprint density at radius 1 is 0.479 bits per heavy atom. The van der Waals surface area contributed by atoms with Gasteiger partial charge in [-0.25, -0.2) is 44.0 Å². The van der Waals surface area contributed by atoms with Crippen LogP contribution in [0, 0.1) is 12.7 Å². The zero-order chi connectivity index (χ0) is 99.8. The zero-order valence-corrected chi connectivity index (χ0v) is 81.0. The first-order valence-electron chi connectivity index (χ1n) is 46.1. The molecule has 0 unspecified atom stereocenters. The largest absolute Gasteiger partial charge is 0.497 e. The summed E-state index contributed by atoms with van der Waals surface area (Å²) in [6.45, 7) is 29.4. The van der Waals surface area contributed by atoms with Crippen LogP contribution >= 0.6 is 0 Å². The standard InChI is InChI=1S/C24H27N5O3.C22H33N7O3.C20H23F3N6O.C17H21FN6O.C16H19N5/c1-30-12-10-26-11-13-32-19-8-6-18(7-9-19)29-15-21(17-4-3-5-20(14-17)31-2)22-23(25)27-16-28-24(22)29;1-5-29-15-24-18-19(26-21(27-20(18)29)28-22(2,3)14-30)25-16-6-8-17(9-7-16)32-13-11-23-10-12-31-4;1-2-29-11-24-16-17(25-13-5-3-12(4-6-13)20(21,22)23)27-19(28-18(16)29)26-14-7-9-15(30)10-8-14;1-4-24-10-19-13-14(20-12-7-5-6-11(18)8-12)21-16(22-15(13)24)23-17(2,3)9-25;1-10-5-7-11(8-6-10)13-12-14(17)18-9-19-15(12)21(20-13)16(2,3)4/h3-9,14-16,26H,10-13H2,1-2H3,(H2,25,27,28);6-9,15,23,30H,5,10-14H2,1-4H3,(H2,25,26,27,28);3-6,11,14-15,30H,2,7-10H2,1H3,(H2,25,26,27,28);5-8,10,25H,4,9H2,1-3H3,(H2,20,21,22,23);5-9H,1-4H3,(H2,17,18,19). The lowest BCUT2D eigenvalue weighted by molar-refractivity contribution is -0.137. The number of anilines is 11. The average Bonchev–Trinajstić information content (AvgIpc) is 1.60. The number of methoxy groups -OCH3 is 3. The number of aliphatic hydroxyl groups excluding tert-OH is 3. The van der Waals surface area contributed by atoms with Gasteiger partial charge in [-0.15, -0.1) is 0 Å². The molecule has 10 aromatic heterocycles. The summed E-state index contributed by atoms with van der Waals surface area (Å²) in [5.41, 5.74) is 23.5. The number of halogens is 4. The third kappa shape index (κ3) is 26.8. The number of benzene rings is 6. The molecule has 0 amide bonds. The summed E-state index contributed by atoms with van der Waals surface area (Å²) < 4.78 is 88.5. The molecule has 1 saturated carbocycles. The summed E-state index contributed by atoms with van der Waals surface area (Å²) in [6.07, 6.45) is 8.55. The minimum Gasteiger partial charge on any atom is -0.497 e. The number of nitrogens with two attached hydrogens (primary N) is 2. The van der Waals surface area contributed by atoms with Crippen molar-refractivity contribution in [2.24, 2.45) is 0 Å². The second kappa shape index (κ2) is 47.2. The first-order valence-corrected chi connectivity index (χ1v) is 46.1. The normalized spacial score (nSPS) is 13.3. The van der Waals surface area contributed by atoms with Crippen LogP contribution < -0.4 is 68.2 Å². The van der Waals surface area contributed by atoms with Crippen LogP contribution in [0.5, 0.6) is 17.2 Å². The minimum atomic E-state index is -4.38. The van der Waals surface area contributed by atoms with Gasteiger partial charge in [-0.1, -0.05) is 48.0 Å². The Labute approximate surface area is 808 Å². The molecule has 740 valence electrons. The molecule has 16 aromatic rings. The number of fused-ring (bicyclic) bond motifs is 5. The van der Waals surface area contributed by atoms with E-state index >= 15 is 0 Å². The Bertz CT molecular complexity index is 6720. The van der Waals surface area contributed by atoms with Gasteiger partial charge in [0.15, 0.2) is 62.2 Å². The Balaban J connectivity index is 0.000000148. The van der Waals surface area contributed by atoms with E-state index in [-0.39, 0.29) is 36.7 Å². The number of nitrogen functional groups attached to an aromatic ring is 2. The van der Waals surface area contributed by atoms with E-state index in [1.165, 1.54) is 42.5 Å². The number of nitrogens with one attached hydrogen (secondary N) is 8. The van der Waals surface area contributed by atoms with Crippen LogP contribution in [0.1, 0.15) is 106 Å². The van der Waals surface area contributed by atoms with E-state index < -0.39 is 22.8 Å². The van der Waals surface area contributed by atoms with Crippen molar-refractivity contribution in [3.8, 4) is 45.3 Å². The lowest BCUT2D eigenvalue weighted by Crippen LogP contribution is -2.35. The first-order chi connectivity index (χ1) is 67.3. The van der Waals surface area contributed by atoms with E-state index in [1.54, 1.807) is 52.4 Å². The van der Waals surface area contributed by atoms with Crippen LogP contribution in [-0.4, -0.2) is 219 Å². The fourth-order valence-electron chi connectivity index (χ4n) is 14.8. The molecule has 0 atom stereocenters. The fraction of sp³-hybridized carbons (Fsp3) is 0.374. The molecule has 6 aromatic carbocycles. The molecule has 1 aliphatic rings. The van der Waals surface area contributed by atoms with Gasteiger partial charge in [0.1, 0.15) is 66.3 Å². The highest BCUT2D eigenvalue weighted by Crippen LogP contribution is 2.39. The molecule has 41 heteroatoms. The molecular formula is C99H123F4N29O8. The lowest BCUT2D eigenvalue weighted by atomic mass is 9.93. The molecule has 140 heavy (non-hydrogen) atoms. The first kappa shape index (κ1) is 103. The zero-order valence-electron chi connectivity index (χ0n) is 81.0. The number of aryl methyl sites for hydroxylation is 4. The van der Waals surface area contributed by atoms with Gasteiger partial charge in [0.2, 0.25) is 17.8 Å². The van der Waals surface area contributed by atoms with E-state index in [1.807, 2.05) is 150 Å². The molecule has 1 fully saturated rings. The molecule has 10 heterocycles. The maximum atomic E-state index is 13.5. The number of hydrogen-bond acceptors (Lipinski definition) is 32. The maximum Gasteiger partial charge on any atom is 0.416 e. The summed E-state index contributed by atoms with van der Waals surface area (Å²) in [5.74, 6) is 5.63. The predicted molar refractivity (Wildman–Crippen MR) is 539 cm³/mol. The third-order valence-electron chi connectivity index (χ3n) is 22.4. The second-order valence-electron chi connectivity index (χ2n) is 35.3. The van der Waals surface area contributed by atoms with Gasteiger partial charge < -0.3 is 111 Å². The third-order valence-corrected chi connectivity index (χ3v) is 22.4. The molecular weight excluding hydrogens is 1800 g/mol. The number of nitrogens with zero attached hydrogens (tertiary/aromatic N) is 19. The fourth-order valence-corrected chi connectivity index (χ4v) is 14.8. The van der Waals surface area contributed by atoms with Crippen molar-refractivity contribution in [3.63, 3.8) is 0 Å². The van der Waals surface area contributed by atoms with E-state index in [0.717, 1.165) is 149 Å². The van der Waals surface area contributed by atoms with Gasteiger partial charge in [-0.2, -0.15) is 48.2 Å². The van der Waals surface area contributed by atoms with Crippen LogP contribution in [0.25, 0.3) is 83.6 Å². The SMILES string of the molecule is CCn1cnc2c(Nc3ccc(C(F)(F)F)cc3)nc(NC3CCC(O)CC3)nc21.CCn1cnc2c(Nc3ccc(OCCNCCOC)cc3)nc(NC(C)(C)CO)nc21.CCn1cnc2c(Nc3cccc(F)c3)nc(NC(C)(C)CO)nc21.COCCNCCOc1ccc(-n2cc(-c3cccc(OC)c3)c3c(N)ncnc32)cc1.Cc1ccc(-c2nn(C(C)(C)C)c3ncnc(N)c23)cc1. The van der Waals surface area contributed by atoms with Crippen LogP contribution in [0.15, 0.2) is 183 Å². The van der Waals surface area contributed by atoms with Crippen molar-refractivity contribution >= 4 is 120 Å². The second-order valence-corrected chi connectivity index (χ2v) is 35.3. The van der Waals surface area contributed by atoms with Gasteiger partial charge in [-0.3, -0.25) is 0 Å². The molecule has 15 N–H and O–H groups in total. The van der Waals surface area contributed by atoms with Gasteiger partial charge in [0.25, 0.3) is 0 Å². The number of alkyl halides is 3. The lowest BCUT2D eigenvalue weighted by Gasteiger charge is -2.26. The van der Waals surface area contributed by atoms with Crippen molar-refractivity contribution in [3.05, 3.63) is 200 Å². The monoisotopic (exact) mass is 1920 g/mol. The summed E-state index contributed by atoms with van der Waals surface area (Å²) in [6, 6.07) is 42.8. The van der Waals surface area contributed by atoms with Crippen molar-refractivity contribution < 1.29 is 56.6 Å². The maximum absolute atomic E-state index is 13.5. The summed E-state index contributed by atoms with van der Waals surface area (Å²) in [5, 5.41) is 60.8. The molecule has 0 bridgehead atoms. The van der Waals surface area contributed by atoms with E-state index in [0.29, 0.717) is 126 Å². The number of aromatic nitrogens is 19. The van der Waals surface area contributed by atoms with E-state index in [2.05, 4.69) is 159 Å². The van der Waals surface area contributed by atoms with Gasteiger partial charge in [0.05, 0.1) is 91.6 Å². The molecule has 37 nitrogen and oxygen atoms in total. The number of rotatable bonds is 35. The summed E-state index contributed by atoms with van der Waals surface area (Å²) in [7, 11) is 5.02. The van der Waals surface area contributed by atoms with Crippen molar-refractivity contribution in [1.82, 2.24) is 103 Å². The molecule has 0 saturated heterocycles. The van der Waals surface area contributed by atoms with Crippen molar-refractivity contribution in [1.29, 1.82) is 0 Å². The highest BCUT2D eigenvalue weighted by Gasteiger charge is 2.32. The van der Waals surface area contributed by atoms with Gasteiger partial charge in [-0.05, 0) is 211 Å². The number of hydrogen-bond donors (Lipinski definition) is 13. The van der Waals surface area contributed by atoms with Crippen LogP contribution in [0.2, 0.25) is 0 Å². The number of aliphatic hydroxyl groups is 3. The Kier molecular flexibility index (Phi) is 34.6. The molecule has 0 spiro atoms. The highest BCUT2D eigenvalue weighted by molar-refractivity contribution is 6.02. The molecule has 1 aliphatic carbocycles. The van der Waals surface area contributed by atoms with Gasteiger partial charge in [0, 0.05) is 106 Å². The predicted octanol–water partition coefficient (Wildman–Crippen LogP) is 16.1. The molecule has 17 rings (SSSR count).